The molecule has 1 saturated carbocycles. The van der Waals surface area contributed by atoms with Crippen LogP contribution < -0.4 is 16.8 Å². The van der Waals surface area contributed by atoms with Gasteiger partial charge in [0.25, 0.3) is 5.91 Å². The second-order valence-corrected chi connectivity index (χ2v) is 5.00. The van der Waals surface area contributed by atoms with Gasteiger partial charge in [0.1, 0.15) is 0 Å². The second-order valence-electron chi connectivity index (χ2n) is 5.00. The Hall–Kier alpha value is -1.71. The molecule has 1 fully saturated rings. The summed E-state index contributed by atoms with van der Waals surface area (Å²) in [5.41, 5.74) is 12.9. The van der Waals surface area contributed by atoms with Crippen LogP contribution in [0.5, 0.6) is 0 Å². The summed E-state index contributed by atoms with van der Waals surface area (Å²) >= 11 is 0. The largest absolute Gasteiger partial charge is 0.399 e. The Labute approximate surface area is 108 Å². The predicted molar refractivity (Wildman–Crippen MR) is 74.5 cm³/mol. The number of primary amides is 1. The molecule has 1 aliphatic rings. The van der Waals surface area contributed by atoms with E-state index in [-0.39, 0.29) is 0 Å². The monoisotopic (exact) mass is 247 g/mol. The van der Waals surface area contributed by atoms with Crippen LogP contribution in [0.25, 0.3) is 0 Å². The van der Waals surface area contributed by atoms with Gasteiger partial charge < -0.3 is 16.8 Å². The minimum atomic E-state index is -0.432. The number of carbonyl (C=O) groups is 1. The lowest BCUT2D eigenvalue weighted by Crippen LogP contribution is -2.22. The van der Waals surface area contributed by atoms with Crippen molar-refractivity contribution >= 4 is 17.3 Å². The average Bonchev–Trinajstić information content (AvgIpc) is 2.60. The minimum Gasteiger partial charge on any atom is -0.399 e. The van der Waals surface area contributed by atoms with Gasteiger partial charge in [-0.3, -0.25) is 4.79 Å². The van der Waals surface area contributed by atoms with E-state index in [4.69, 9.17) is 11.5 Å². The van der Waals surface area contributed by atoms with E-state index in [9.17, 15) is 4.79 Å². The van der Waals surface area contributed by atoms with Crippen molar-refractivity contribution in [3.05, 3.63) is 23.8 Å². The van der Waals surface area contributed by atoms with Crippen molar-refractivity contribution in [1.29, 1.82) is 0 Å². The van der Waals surface area contributed by atoms with Gasteiger partial charge in [-0.05, 0) is 31.0 Å². The Morgan fingerprint density at radius 2 is 1.83 bits per heavy atom. The maximum atomic E-state index is 11.4. The van der Waals surface area contributed by atoms with Crippen LogP contribution in [0.2, 0.25) is 0 Å². The number of nitrogen functional groups attached to an aromatic ring is 1. The fourth-order valence-corrected chi connectivity index (χ4v) is 2.54. The molecular weight excluding hydrogens is 226 g/mol. The summed E-state index contributed by atoms with van der Waals surface area (Å²) in [5.74, 6) is -0.432. The minimum absolute atomic E-state index is 0.432. The van der Waals surface area contributed by atoms with E-state index in [2.05, 4.69) is 5.32 Å². The number of carbonyl (C=O) groups excluding carboxylic acids is 1. The van der Waals surface area contributed by atoms with Crippen LogP contribution >= 0.6 is 0 Å². The Balaban J connectivity index is 2.14. The first-order chi connectivity index (χ1) is 8.66. The highest BCUT2D eigenvalue weighted by molar-refractivity contribution is 5.99. The molecule has 0 atom stereocenters. The number of hydrogen-bond donors (Lipinski definition) is 3. The molecule has 0 bridgehead atoms. The highest BCUT2D eigenvalue weighted by atomic mass is 16.1. The standard InChI is InChI=1S/C14H21N3O/c15-10-7-8-13(12(9-10)14(16)18)17-11-5-3-1-2-4-6-11/h7-9,11,17H,1-6,15H2,(H2,16,18). The lowest BCUT2D eigenvalue weighted by Gasteiger charge is -2.19. The fourth-order valence-electron chi connectivity index (χ4n) is 2.54. The van der Waals surface area contributed by atoms with Gasteiger partial charge in [0.15, 0.2) is 0 Å². The number of anilines is 2. The van der Waals surface area contributed by atoms with Crippen LogP contribution in [-0.4, -0.2) is 11.9 Å². The molecular formula is C14H21N3O. The average molecular weight is 247 g/mol. The second kappa shape index (κ2) is 5.76. The molecule has 4 heteroatoms. The molecule has 1 aromatic rings. The van der Waals surface area contributed by atoms with Crippen LogP contribution in [0.15, 0.2) is 18.2 Å². The zero-order valence-electron chi connectivity index (χ0n) is 10.6. The molecule has 98 valence electrons. The zero-order chi connectivity index (χ0) is 13.0. The third-order valence-electron chi connectivity index (χ3n) is 3.52. The molecule has 5 N–H and O–H groups in total. The third-order valence-corrected chi connectivity index (χ3v) is 3.52. The number of amides is 1. The van der Waals surface area contributed by atoms with Crippen molar-refractivity contribution in [2.75, 3.05) is 11.1 Å². The topological polar surface area (TPSA) is 81.1 Å². The molecule has 0 heterocycles. The van der Waals surface area contributed by atoms with E-state index < -0.39 is 5.91 Å². The highest BCUT2D eigenvalue weighted by Crippen LogP contribution is 2.24. The van der Waals surface area contributed by atoms with E-state index in [1.54, 1.807) is 12.1 Å². The van der Waals surface area contributed by atoms with Crippen molar-refractivity contribution in [3.8, 4) is 0 Å². The van der Waals surface area contributed by atoms with Gasteiger partial charge >= 0.3 is 0 Å². The Morgan fingerprint density at radius 1 is 1.17 bits per heavy atom. The van der Waals surface area contributed by atoms with Crippen molar-refractivity contribution in [2.45, 2.75) is 44.6 Å². The predicted octanol–water partition coefficient (Wildman–Crippen LogP) is 2.50. The summed E-state index contributed by atoms with van der Waals surface area (Å²) < 4.78 is 0. The van der Waals surface area contributed by atoms with Gasteiger partial charge in [0, 0.05) is 17.4 Å². The summed E-state index contributed by atoms with van der Waals surface area (Å²) in [6.45, 7) is 0. The van der Waals surface area contributed by atoms with E-state index in [0.29, 0.717) is 17.3 Å². The lowest BCUT2D eigenvalue weighted by atomic mass is 10.1. The SMILES string of the molecule is NC(=O)c1cc(N)ccc1NC1CCCCCC1. The van der Waals surface area contributed by atoms with Crippen molar-refractivity contribution in [2.24, 2.45) is 5.73 Å². The Kier molecular flexibility index (Phi) is 4.07. The van der Waals surface area contributed by atoms with Crippen LogP contribution in [0.3, 0.4) is 0 Å². The van der Waals surface area contributed by atoms with E-state index in [0.717, 1.165) is 18.5 Å². The Bertz CT molecular complexity index is 423. The lowest BCUT2D eigenvalue weighted by molar-refractivity contribution is 0.100. The quantitative estimate of drug-likeness (QED) is 0.567. The van der Waals surface area contributed by atoms with E-state index in [1.807, 2.05) is 6.07 Å². The third kappa shape index (κ3) is 3.15. The van der Waals surface area contributed by atoms with Crippen molar-refractivity contribution < 1.29 is 4.79 Å². The van der Waals surface area contributed by atoms with Crippen molar-refractivity contribution in [3.63, 3.8) is 0 Å². The summed E-state index contributed by atoms with van der Waals surface area (Å²) in [4.78, 5) is 11.4. The maximum Gasteiger partial charge on any atom is 0.250 e. The van der Waals surface area contributed by atoms with Crippen LogP contribution in [0.1, 0.15) is 48.9 Å². The highest BCUT2D eigenvalue weighted by Gasteiger charge is 2.15. The van der Waals surface area contributed by atoms with Gasteiger partial charge in [0.05, 0.1) is 5.56 Å². The molecule has 0 saturated heterocycles. The fraction of sp³-hybridized carbons (Fsp3) is 0.500. The van der Waals surface area contributed by atoms with E-state index >= 15 is 0 Å². The first kappa shape index (κ1) is 12.7. The van der Waals surface area contributed by atoms with Crippen LogP contribution in [0.4, 0.5) is 11.4 Å². The van der Waals surface area contributed by atoms with Crippen LogP contribution in [-0.2, 0) is 0 Å². The molecule has 1 aliphatic carbocycles. The normalized spacial score (nSPS) is 17.1. The molecule has 4 nitrogen and oxygen atoms in total. The molecule has 2 rings (SSSR count). The van der Waals surface area contributed by atoms with Crippen LogP contribution in [0, 0.1) is 0 Å². The molecule has 1 amide bonds. The summed E-state index contributed by atoms with van der Waals surface area (Å²) in [5, 5.41) is 3.44. The summed E-state index contributed by atoms with van der Waals surface area (Å²) in [6, 6.07) is 5.72. The molecule has 0 spiro atoms. The number of nitrogens with one attached hydrogen (secondary N) is 1. The molecule has 0 unspecified atom stereocenters. The van der Waals surface area contributed by atoms with Gasteiger partial charge in [-0.25, -0.2) is 0 Å². The van der Waals surface area contributed by atoms with Gasteiger partial charge in [-0.1, -0.05) is 25.7 Å². The first-order valence-corrected chi connectivity index (χ1v) is 6.62. The Morgan fingerprint density at radius 3 is 2.44 bits per heavy atom. The van der Waals surface area contributed by atoms with Gasteiger partial charge in [-0.15, -0.1) is 0 Å². The van der Waals surface area contributed by atoms with Crippen molar-refractivity contribution in [1.82, 2.24) is 0 Å². The molecule has 1 aromatic carbocycles. The maximum absolute atomic E-state index is 11.4. The molecule has 0 aliphatic heterocycles. The number of nitrogens with two attached hydrogens (primary N) is 2. The molecule has 0 radical (unpaired) electrons. The first-order valence-electron chi connectivity index (χ1n) is 6.62. The zero-order valence-corrected chi connectivity index (χ0v) is 10.6. The van der Waals surface area contributed by atoms with Gasteiger partial charge in [-0.2, -0.15) is 0 Å². The molecule has 18 heavy (non-hydrogen) atoms. The number of rotatable bonds is 3. The summed E-state index contributed by atoms with van der Waals surface area (Å²) in [6.07, 6.45) is 7.42. The van der Waals surface area contributed by atoms with Gasteiger partial charge in [0.2, 0.25) is 0 Å². The summed E-state index contributed by atoms with van der Waals surface area (Å²) in [7, 11) is 0. The molecule has 0 aromatic heterocycles. The van der Waals surface area contributed by atoms with E-state index in [1.165, 1.54) is 25.7 Å². The number of benzene rings is 1. The number of hydrogen-bond acceptors (Lipinski definition) is 3. The smallest absolute Gasteiger partial charge is 0.250 e.